The van der Waals surface area contributed by atoms with Gasteiger partial charge in [0.2, 0.25) is 0 Å². The largest absolute Gasteiger partial charge is 0.408 e. The Morgan fingerprint density at radius 2 is 2.00 bits per heavy atom. The highest BCUT2D eigenvalue weighted by Crippen LogP contribution is 2.36. The Hall–Kier alpha value is -2.71. The standard InChI is InChI=1S/C20H23F3N4O2/c1-11-7-12(2)14(15(28)8-11)9-24-19(29)17-13(3)18(26-10-25-17)27-6-4-5-16(27)20(21,22)23/h7,10,16H,4-6,8-9H2,1-3H3,(H,24,29). The van der Waals surface area contributed by atoms with Gasteiger partial charge in [-0.15, -0.1) is 0 Å². The van der Waals surface area contributed by atoms with Gasteiger partial charge in [-0.25, -0.2) is 9.97 Å². The number of alkyl halides is 3. The average molecular weight is 408 g/mol. The van der Waals surface area contributed by atoms with E-state index in [9.17, 15) is 22.8 Å². The zero-order chi connectivity index (χ0) is 21.3. The zero-order valence-corrected chi connectivity index (χ0v) is 16.6. The van der Waals surface area contributed by atoms with Crippen LogP contribution in [0.2, 0.25) is 0 Å². The molecule has 0 radical (unpaired) electrons. The number of carbonyl (C=O) groups excluding carboxylic acids is 2. The molecule has 1 amide bonds. The predicted octanol–water partition coefficient (Wildman–Crippen LogP) is 3.28. The highest BCUT2D eigenvalue weighted by Gasteiger charge is 2.47. The number of carbonyl (C=O) groups is 2. The summed E-state index contributed by atoms with van der Waals surface area (Å²) in [6.07, 6.45) is -0.651. The second-order valence-corrected chi connectivity index (χ2v) is 7.50. The number of hydrogen-bond donors (Lipinski definition) is 1. The molecule has 1 aromatic rings. The van der Waals surface area contributed by atoms with E-state index in [1.54, 1.807) is 13.8 Å². The van der Waals surface area contributed by atoms with Crippen molar-refractivity contribution in [2.45, 2.75) is 52.3 Å². The van der Waals surface area contributed by atoms with E-state index in [-0.39, 0.29) is 42.4 Å². The Morgan fingerprint density at radius 1 is 1.28 bits per heavy atom. The molecule has 29 heavy (non-hydrogen) atoms. The van der Waals surface area contributed by atoms with Crippen molar-refractivity contribution >= 4 is 17.5 Å². The van der Waals surface area contributed by atoms with Crippen molar-refractivity contribution in [3.63, 3.8) is 0 Å². The second kappa shape index (κ2) is 7.96. The van der Waals surface area contributed by atoms with Crippen LogP contribution in [-0.2, 0) is 4.79 Å². The number of anilines is 1. The Bertz CT molecular complexity index is 905. The third-order valence-electron chi connectivity index (χ3n) is 5.32. The van der Waals surface area contributed by atoms with E-state index < -0.39 is 18.1 Å². The van der Waals surface area contributed by atoms with Gasteiger partial charge in [0.1, 0.15) is 23.9 Å². The minimum atomic E-state index is -4.37. The fraction of sp³-hybridized carbons (Fsp3) is 0.500. The third-order valence-corrected chi connectivity index (χ3v) is 5.32. The predicted molar refractivity (Wildman–Crippen MR) is 102 cm³/mol. The number of rotatable bonds is 4. The lowest BCUT2D eigenvalue weighted by Gasteiger charge is -2.28. The van der Waals surface area contributed by atoms with Crippen molar-refractivity contribution < 1.29 is 22.8 Å². The number of ketones is 1. The maximum Gasteiger partial charge on any atom is 0.408 e. The Kier molecular flexibility index (Phi) is 5.77. The maximum absolute atomic E-state index is 13.3. The molecule has 3 rings (SSSR count). The van der Waals surface area contributed by atoms with E-state index in [4.69, 9.17) is 0 Å². The first-order valence-electron chi connectivity index (χ1n) is 9.43. The summed E-state index contributed by atoms with van der Waals surface area (Å²) in [7, 11) is 0. The first kappa shape index (κ1) is 21.0. The summed E-state index contributed by atoms with van der Waals surface area (Å²) >= 11 is 0. The molecule has 156 valence electrons. The van der Waals surface area contributed by atoms with Crippen molar-refractivity contribution in [2.24, 2.45) is 0 Å². The van der Waals surface area contributed by atoms with E-state index in [1.807, 2.05) is 13.0 Å². The molecule has 0 aromatic carbocycles. The van der Waals surface area contributed by atoms with E-state index in [2.05, 4.69) is 15.3 Å². The molecule has 0 saturated carbocycles. The Labute approximate surface area is 166 Å². The lowest BCUT2D eigenvalue weighted by molar-refractivity contribution is -0.146. The molecule has 1 fully saturated rings. The molecule has 1 aliphatic heterocycles. The Morgan fingerprint density at radius 3 is 2.66 bits per heavy atom. The molecule has 1 aliphatic carbocycles. The van der Waals surface area contributed by atoms with Crippen molar-refractivity contribution in [2.75, 3.05) is 18.0 Å². The van der Waals surface area contributed by atoms with Crippen LogP contribution in [0.3, 0.4) is 0 Å². The number of hydrogen-bond acceptors (Lipinski definition) is 5. The normalized spacial score (nSPS) is 20.2. The second-order valence-electron chi connectivity index (χ2n) is 7.50. The molecule has 6 nitrogen and oxygen atoms in total. The number of amides is 1. The number of nitrogens with zero attached hydrogens (tertiary/aromatic N) is 3. The SMILES string of the molecule is CC1=CC(C)=C(CNC(=O)c2ncnc(N3CCCC3C(F)(F)F)c2C)C(=O)C1. The molecule has 1 N–H and O–H groups in total. The summed E-state index contributed by atoms with van der Waals surface area (Å²) in [6, 6.07) is -1.62. The first-order chi connectivity index (χ1) is 13.6. The Balaban J connectivity index is 1.80. The van der Waals surface area contributed by atoms with Gasteiger partial charge in [0.25, 0.3) is 5.91 Å². The number of allylic oxidation sites excluding steroid dienone is 3. The van der Waals surface area contributed by atoms with Gasteiger partial charge in [0.05, 0.1) is 0 Å². The summed E-state index contributed by atoms with van der Waals surface area (Å²) in [6.45, 7) is 5.48. The van der Waals surface area contributed by atoms with Crippen molar-refractivity contribution in [3.8, 4) is 0 Å². The smallest absolute Gasteiger partial charge is 0.346 e. The molecule has 1 unspecified atom stereocenters. The van der Waals surface area contributed by atoms with Crippen LogP contribution in [0, 0.1) is 6.92 Å². The van der Waals surface area contributed by atoms with Crippen LogP contribution in [0.15, 0.2) is 29.1 Å². The summed E-state index contributed by atoms with van der Waals surface area (Å²) in [5, 5.41) is 2.67. The van der Waals surface area contributed by atoms with Crippen LogP contribution >= 0.6 is 0 Å². The molecule has 0 bridgehead atoms. The summed E-state index contributed by atoms with van der Waals surface area (Å²) in [5.41, 5.74) is 2.58. The van der Waals surface area contributed by atoms with Crippen LogP contribution in [0.25, 0.3) is 0 Å². The molecule has 1 aromatic heterocycles. The lowest BCUT2D eigenvalue weighted by Crippen LogP contribution is -2.42. The molecule has 1 atom stereocenters. The van der Waals surface area contributed by atoms with Gasteiger partial charge in [0, 0.05) is 30.6 Å². The van der Waals surface area contributed by atoms with Gasteiger partial charge in [0.15, 0.2) is 5.78 Å². The van der Waals surface area contributed by atoms with E-state index >= 15 is 0 Å². The van der Waals surface area contributed by atoms with Gasteiger partial charge in [-0.3, -0.25) is 9.59 Å². The third kappa shape index (κ3) is 4.33. The van der Waals surface area contributed by atoms with Gasteiger partial charge in [-0.2, -0.15) is 13.2 Å². The van der Waals surface area contributed by atoms with Crippen molar-refractivity contribution in [1.82, 2.24) is 15.3 Å². The number of aromatic nitrogens is 2. The maximum atomic E-state index is 13.3. The summed E-state index contributed by atoms with van der Waals surface area (Å²) < 4.78 is 39.9. The minimum absolute atomic E-state index is 0.00303. The van der Waals surface area contributed by atoms with Crippen molar-refractivity contribution in [1.29, 1.82) is 0 Å². The highest BCUT2D eigenvalue weighted by molar-refractivity contribution is 6.01. The molecule has 9 heteroatoms. The van der Waals surface area contributed by atoms with Crippen LogP contribution in [0.1, 0.15) is 49.2 Å². The van der Waals surface area contributed by atoms with Gasteiger partial charge in [-0.05, 0) is 39.2 Å². The summed E-state index contributed by atoms with van der Waals surface area (Å²) in [5.74, 6) is -0.478. The quantitative estimate of drug-likeness (QED) is 0.828. The van der Waals surface area contributed by atoms with E-state index in [1.165, 1.54) is 4.90 Å². The fourth-order valence-electron chi connectivity index (χ4n) is 3.90. The monoisotopic (exact) mass is 408 g/mol. The number of halogens is 3. The van der Waals surface area contributed by atoms with Gasteiger partial charge in [-0.1, -0.05) is 11.6 Å². The van der Waals surface area contributed by atoms with Gasteiger partial charge < -0.3 is 10.2 Å². The highest BCUT2D eigenvalue weighted by atomic mass is 19.4. The molecular formula is C20H23F3N4O2. The minimum Gasteiger partial charge on any atom is -0.346 e. The lowest BCUT2D eigenvalue weighted by atomic mass is 9.92. The topological polar surface area (TPSA) is 75.2 Å². The van der Waals surface area contributed by atoms with Crippen LogP contribution in [0.5, 0.6) is 0 Å². The fourth-order valence-corrected chi connectivity index (χ4v) is 3.90. The van der Waals surface area contributed by atoms with Crippen molar-refractivity contribution in [3.05, 3.63) is 40.4 Å². The molecule has 1 saturated heterocycles. The summed E-state index contributed by atoms with van der Waals surface area (Å²) in [4.78, 5) is 34.0. The number of nitrogens with one attached hydrogen (secondary N) is 1. The van der Waals surface area contributed by atoms with E-state index in [0.717, 1.165) is 17.5 Å². The van der Waals surface area contributed by atoms with Crippen LogP contribution in [-0.4, -0.2) is 47.0 Å². The molecule has 2 heterocycles. The van der Waals surface area contributed by atoms with Crippen LogP contribution in [0.4, 0.5) is 19.0 Å². The van der Waals surface area contributed by atoms with E-state index in [0.29, 0.717) is 18.4 Å². The molecule has 2 aliphatic rings. The molecule has 0 spiro atoms. The zero-order valence-electron chi connectivity index (χ0n) is 16.6. The molecular weight excluding hydrogens is 385 g/mol. The first-order valence-corrected chi connectivity index (χ1v) is 9.43. The van der Waals surface area contributed by atoms with Crippen LogP contribution < -0.4 is 10.2 Å². The number of Topliss-reactive ketones (excluding diaryl/α,β-unsaturated/α-hetero) is 1. The average Bonchev–Trinajstić information content (AvgIpc) is 3.10. The van der Waals surface area contributed by atoms with Gasteiger partial charge >= 0.3 is 6.18 Å².